The van der Waals surface area contributed by atoms with Crippen LogP contribution in [0.3, 0.4) is 0 Å². The highest BCUT2D eigenvalue weighted by atomic mass is 35.5. The molecular formula is C25H18ClF2N11O. The van der Waals surface area contributed by atoms with Crippen molar-refractivity contribution >= 4 is 23.1 Å². The van der Waals surface area contributed by atoms with E-state index in [9.17, 15) is 4.79 Å². The van der Waals surface area contributed by atoms with Crippen molar-refractivity contribution in [3.05, 3.63) is 83.7 Å². The van der Waals surface area contributed by atoms with Gasteiger partial charge in [0.15, 0.2) is 17.5 Å². The summed E-state index contributed by atoms with van der Waals surface area (Å²) in [7, 11) is 0. The monoisotopic (exact) mass is 561 g/mol. The van der Waals surface area contributed by atoms with E-state index >= 15 is 8.78 Å². The van der Waals surface area contributed by atoms with Gasteiger partial charge in [-0.25, -0.2) is 23.7 Å². The van der Waals surface area contributed by atoms with Gasteiger partial charge in [-0.05, 0) is 53.5 Å². The SMILES string of the molecule is O=C1C=C(c2c(-n3cnnn3)ccc(Cl)c2F)C[C@H]2CC[C@H](c3ncc(-c4ccnc(-n5cncn5)c4F)[nH]3)N12. The van der Waals surface area contributed by atoms with Crippen molar-refractivity contribution in [2.24, 2.45) is 0 Å². The Bertz CT molecular complexity index is 1770. The molecule has 0 unspecified atom stereocenters. The van der Waals surface area contributed by atoms with Crippen LogP contribution in [0.5, 0.6) is 0 Å². The van der Waals surface area contributed by atoms with Gasteiger partial charge in [0.2, 0.25) is 5.91 Å². The number of hydrogen-bond acceptors (Lipinski definition) is 8. The summed E-state index contributed by atoms with van der Waals surface area (Å²) < 4.78 is 33.2. The molecule has 1 aromatic carbocycles. The first kappa shape index (κ1) is 24.2. The Kier molecular flexibility index (Phi) is 5.70. The molecule has 15 heteroatoms. The lowest BCUT2D eigenvalue weighted by Crippen LogP contribution is -2.39. The highest BCUT2D eigenvalue weighted by molar-refractivity contribution is 6.31. The van der Waals surface area contributed by atoms with Crippen molar-refractivity contribution < 1.29 is 13.6 Å². The zero-order chi connectivity index (χ0) is 27.4. The molecule has 2 atom stereocenters. The van der Waals surface area contributed by atoms with Crippen molar-refractivity contribution in [2.45, 2.75) is 31.3 Å². The summed E-state index contributed by atoms with van der Waals surface area (Å²) in [6, 6.07) is 4.03. The maximum atomic E-state index is 15.3. The van der Waals surface area contributed by atoms with Crippen LogP contribution in [0.1, 0.15) is 36.7 Å². The third kappa shape index (κ3) is 3.87. The number of carbonyl (C=O) groups is 1. The quantitative estimate of drug-likeness (QED) is 0.344. The van der Waals surface area contributed by atoms with Crippen LogP contribution in [0.2, 0.25) is 5.02 Å². The molecule has 0 spiro atoms. The number of rotatable bonds is 5. The smallest absolute Gasteiger partial charge is 0.247 e. The molecule has 6 heterocycles. The Morgan fingerprint density at radius 2 is 1.95 bits per heavy atom. The molecule has 4 aromatic heterocycles. The largest absolute Gasteiger partial charge is 0.340 e. The molecule has 1 N–H and O–H groups in total. The Morgan fingerprint density at radius 1 is 1.05 bits per heavy atom. The molecule has 1 amide bonds. The summed E-state index contributed by atoms with van der Waals surface area (Å²) in [6.45, 7) is 0. The maximum Gasteiger partial charge on any atom is 0.247 e. The van der Waals surface area contributed by atoms with Crippen molar-refractivity contribution in [2.75, 3.05) is 0 Å². The van der Waals surface area contributed by atoms with Crippen LogP contribution < -0.4 is 0 Å². The Labute approximate surface area is 229 Å². The van der Waals surface area contributed by atoms with Crippen LogP contribution in [-0.4, -0.2) is 66.8 Å². The highest BCUT2D eigenvalue weighted by Crippen LogP contribution is 2.44. The predicted octanol–water partition coefficient (Wildman–Crippen LogP) is 3.48. The first-order valence-corrected chi connectivity index (χ1v) is 12.7. The molecule has 0 aliphatic carbocycles. The third-order valence-electron chi connectivity index (χ3n) is 7.21. The van der Waals surface area contributed by atoms with E-state index < -0.39 is 11.6 Å². The van der Waals surface area contributed by atoms with Gasteiger partial charge in [-0.15, -0.1) is 5.10 Å². The third-order valence-corrected chi connectivity index (χ3v) is 7.50. The number of carbonyl (C=O) groups excluding carboxylic acids is 1. The van der Waals surface area contributed by atoms with E-state index in [1.54, 1.807) is 11.0 Å². The van der Waals surface area contributed by atoms with Crippen LogP contribution in [0.15, 0.2) is 55.7 Å². The number of nitrogens with one attached hydrogen (secondary N) is 1. The standard InChI is InChI=1S/C25H18ClF2N11O/c26-16-2-4-18(37-12-32-35-36-37)21(23(16)28)13-7-14-1-3-19(39(14)20(40)8-13)24-31-9-17(34-24)15-5-6-30-25(22(15)27)38-11-29-10-33-38/h2,4-6,8-12,14,19H,1,3,7H2,(H,31,34)/t14-,19-/m1/s1. The summed E-state index contributed by atoms with van der Waals surface area (Å²) in [5.41, 5.74) is 1.78. The molecule has 1 fully saturated rings. The van der Waals surface area contributed by atoms with Crippen LogP contribution in [-0.2, 0) is 4.79 Å². The number of H-pyrrole nitrogens is 1. The van der Waals surface area contributed by atoms with Crippen LogP contribution in [0.4, 0.5) is 8.78 Å². The van der Waals surface area contributed by atoms with E-state index in [-0.39, 0.29) is 40.0 Å². The molecule has 5 aromatic rings. The van der Waals surface area contributed by atoms with E-state index in [4.69, 9.17) is 11.6 Å². The molecule has 7 rings (SSSR count). The summed E-state index contributed by atoms with van der Waals surface area (Å²) in [5, 5.41) is 15.0. The minimum Gasteiger partial charge on any atom is -0.340 e. The number of pyridine rings is 1. The average Bonchev–Trinajstić information content (AvgIpc) is 3.77. The number of benzene rings is 1. The second-order valence-corrected chi connectivity index (χ2v) is 9.80. The summed E-state index contributed by atoms with van der Waals surface area (Å²) in [4.78, 5) is 30.8. The van der Waals surface area contributed by atoms with Gasteiger partial charge in [0.1, 0.15) is 24.8 Å². The number of fused-ring (bicyclic) bond motifs is 1. The Morgan fingerprint density at radius 3 is 2.75 bits per heavy atom. The van der Waals surface area contributed by atoms with Gasteiger partial charge in [0.05, 0.1) is 28.6 Å². The fraction of sp³-hybridized carbons (Fsp3) is 0.200. The van der Waals surface area contributed by atoms with Gasteiger partial charge < -0.3 is 9.88 Å². The molecule has 12 nitrogen and oxygen atoms in total. The lowest BCUT2D eigenvalue weighted by atomic mass is 9.92. The Hall–Kier alpha value is -4.85. The molecule has 0 bridgehead atoms. The Balaban J connectivity index is 1.20. The molecule has 40 heavy (non-hydrogen) atoms. The fourth-order valence-electron chi connectivity index (χ4n) is 5.47. The normalized spacial score (nSPS) is 18.7. The van der Waals surface area contributed by atoms with Gasteiger partial charge in [0.25, 0.3) is 0 Å². The summed E-state index contributed by atoms with van der Waals surface area (Å²) in [6.07, 6.45) is 10.1. The lowest BCUT2D eigenvalue weighted by molar-refractivity contribution is -0.129. The minimum atomic E-state index is -0.642. The van der Waals surface area contributed by atoms with Crippen LogP contribution >= 0.6 is 11.6 Å². The van der Waals surface area contributed by atoms with Crippen molar-refractivity contribution in [3.63, 3.8) is 0 Å². The lowest BCUT2D eigenvalue weighted by Gasteiger charge is -2.33. The molecular weight excluding hydrogens is 544 g/mol. The van der Waals surface area contributed by atoms with Crippen LogP contribution in [0.25, 0.3) is 28.3 Å². The predicted molar refractivity (Wildman–Crippen MR) is 136 cm³/mol. The van der Waals surface area contributed by atoms with Crippen molar-refractivity contribution in [3.8, 4) is 22.8 Å². The molecule has 1 saturated heterocycles. The average molecular weight is 562 g/mol. The molecule has 2 aliphatic rings. The second-order valence-electron chi connectivity index (χ2n) is 9.39. The van der Waals surface area contributed by atoms with Crippen molar-refractivity contribution in [1.82, 2.24) is 54.8 Å². The van der Waals surface area contributed by atoms with Gasteiger partial charge in [-0.2, -0.15) is 14.5 Å². The topological polar surface area (TPSA) is 136 Å². The number of aromatic amines is 1. The number of halogens is 3. The highest BCUT2D eigenvalue weighted by Gasteiger charge is 2.42. The zero-order valence-electron chi connectivity index (χ0n) is 20.5. The van der Waals surface area contributed by atoms with E-state index in [1.807, 2.05) is 0 Å². The number of hydrogen-bond donors (Lipinski definition) is 1. The van der Waals surface area contributed by atoms with E-state index in [2.05, 4.69) is 40.6 Å². The first-order valence-electron chi connectivity index (χ1n) is 12.3. The second kappa shape index (κ2) is 9.41. The van der Waals surface area contributed by atoms with Gasteiger partial charge in [-0.1, -0.05) is 11.6 Å². The van der Waals surface area contributed by atoms with E-state index in [0.717, 1.165) is 0 Å². The van der Waals surface area contributed by atoms with E-state index in [0.29, 0.717) is 42.0 Å². The fourth-order valence-corrected chi connectivity index (χ4v) is 5.62. The molecule has 2 aliphatic heterocycles. The maximum absolute atomic E-state index is 15.3. The van der Waals surface area contributed by atoms with Crippen LogP contribution in [0, 0.1) is 11.6 Å². The van der Waals surface area contributed by atoms with E-state index in [1.165, 1.54) is 58.9 Å². The zero-order valence-corrected chi connectivity index (χ0v) is 21.2. The number of tetrazole rings is 1. The minimum absolute atomic E-state index is 0.00486. The molecule has 200 valence electrons. The summed E-state index contributed by atoms with van der Waals surface area (Å²) >= 11 is 6.11. The van der Waals surface area contributed by atoms with Gasteiger partial charge >= 0.3 is 0 Å². The number of imidazole rings is 1. The van der Waals surface area contributed by atoms with Gasteiger partial charge in [0, 0.05) is 29.4 Å². The molecule has 0 radical (unpaired) electrons. The number of aromatic nitrogens is 10. The number of amides is 1. The molecule has 0 saturated carbocycles. The summed E-state index contributed by atoms with van der Waals surface area (Å²) in [5.74, 6) is -0.972. The van der Waals surface area contributed by atoms with Gasteiger partial charge in [-0.3, -0.25) is 4.79 Å². The van der Waals surface area contributed by atoms with Crippen molar-refractivity contribution in [1.29, 1.82) is 0 Å². The first-order chi connectivity index (χ1) is 19.5. The number of nitrogens with zero attached hydrogens (tertiary/aromatic N) is 10.